The molecule has 0 spiro atoms. The van der Waals surface area contributed by atoms with Crippen LogP contribution in [-0.2, 0) is 0 Å². The normalized spacial score (nSPS) is 25.7. The lowest BCUT2D eigenvalue weighted by atomic mass is 9.89. The minimum Gasteiger partial charge on any atom is -0.364 e. The standard InChI is InChI=1S/C9H17N3S/c1-7-5-3-4-6-8(7)11-12-9(13)10-2/h7H,3-6H2,1-2H3,(H2,10,12,13). The molecule has 1 unspecified atom stereocenters. The molecule has 0 aromatic carbocycles. The van der Waals surface area contributed by atoms with Gasteiger partial charge in [0.15, 0.2) is 5.11 Å². The van der Waals surface area contributed by atoms with E-state index in [-0.39, 0.29) is 0 Å². The zero-order valence-electron chi connectivity index (χ0n) is 8.26. The van der Waals surface area contributed by atoms with E-state index in [0.717, 1.165) is 6.42 Å². The van der Waals surface area contributed by atoms with Gasteiger partial charge in [-0.1, -0.05) is 13.3 Å². The summed E-state index contributed by atoms with van der Waals surface area (Å²) in [6.45, 7) is 2.22. The number of hydrogen-bond donors (Lipinski definition) is 2. The number of nitrogens with zero attached hydrogens (tertiary/aromatic N) is 1. The molecule has 1 atom stereocenters. The maximum Gasteiger partial charge on any atom is 0.186 e. The number of nitrogens with one attached hydrogen (secondary N) is 2. The molecule has 13 heavy (non-hydrogen) atoms. The van der Waals surface area contributed by atoms with Gasteiger partial charge in [-0.3, -0.25) is 5.43 Å². The van der Waals surface area contributed by atoms with E-state index in [4.69, 9.17) is 12.2 Å². The van der Waals surface area contributed by atoms with Crippen LogP contribution < -0.4 is 10.7 Å². The number of rotatable bonds is 1. The Labute approximate surface area is 85.0 Å². The monoisotopic (exact) mass is 199 g/mol. The Morgan fingerprint density at radius 3 is 2.92 bits per heavy atom. The molecule has 0 aromatic heterocycles. The maximum atomic E-state index is 4.93. The van der Waals surface area contributed by atoms with Crippen LogP contribution in [0.4, 0.5) is 0 Å². The summed E-state index contributed by atoms with van der Waals surface area (Å²) in [5.41, 5.74) is 4.09. The molecule has 1 fully saturated rings. The van der Waals surface area contributed by atoms with Crippen molar-refractivity contribution >= 4 is 23.0 Å². The van der Waals surface area contributed by atoms with Gasteiger partial charge in [-0.05, 0) is 37.4 Å². The molecule has 0 heterocycles. The molecule has 0 bridgehead atoms. The lowest BCUT2D eigenvalue weighted by molar-refractivity contribution is 0.555. The van der Waals surface area contributed by atoms with Crippen molar-refractivity contribution in [2.24, 2.45) is 11.0 Å². The van der Waals surface area contributed by atoms with Crippen LogP contribution >= 0.6 is 12.2 Å². The fourth-order valence-electron chi connectivity index (χ4n) is 1.51. The van der Waals surface area contributed by atoms with Crippen LogP contribution in [-0.4, -0.2) is 17.9 Å². The van der Waals surface area contributed by atoms with E-state index in [1.165, 1.54) is 25.0 Å². The molecule has 4 heteroatoms. The van der Waals surface area contributed by atoms with Crippen LogP contribution in [0, 0.1) is 5.92 Å². The summed E-state index contributed by atoms with van der Waals surface area (Å²) in [7, 11) is 1.79. The number of thiocarbonyl (C=S) groups is 1. The highest BCUT2D eigenvalue weighted by atomic mass is 32.1. The average Bonchev–Trinajstić information content (AvgIpc) is 2.16. The quantitative estimate of drug-likeness (QED) is 0.498. The van der Waals surface area contributed by atoms with Gasteiger partial charge in [0.2, 0.25) is 0 Å². The van der Waals surface area contributed by atoms with Crippen molar-refractivity contribution in [3.63, 3.8) is 0 Å². The highest BCUT2D eigenvalue weighted by Gasteiger charge is 2.15. The number of hydrazone groups is 1. The molecule has 1 rings (SSSR count). The topological polar surface area (TPSA) is 36.4 Å². The predicted molar refractivity (Wildman–Crippen MR) is 59.9 cm³/mol. The molecule has 1 aliphatic rings. The van der Waals surface area contributed by atoms with Crippen molar-refractivity contribution in [2.75, 3.05) is 7.05 Å². The first-order chi connectivity index (χ1) is 6.24. The van der Waals surface area contributed by atoms with Crippen LogP contribution in [0.5, 0.6) is 0 Å². The van der Waals surface area contributed by atoms with Crippen LogP contribution in [0.1, 0.15) is 32.6 Å². The van der Waals surface area contributed by atoms with E-state index >= 15 is 0 Å². The van der Waals surface area contributed by atoms with E-state index in [9.17, 15) is 0 Å². The summed E-state index contributed by atoms with van der Waals surface area (Å²) < 4.78 is 0. The molecular weight excluding hydrogens is 182 g/mol. The Morgan fingerprint density at radius 1 is 1.54 bits per heavy atom. The van der Waals surface area contributed by atoms with E-state index in [2.05, 4.69) is 22.8 Å². The van der Waals surface area contributed by atoms with Crippen molar-refractivity contribution < 1.29 is 0 Å². The average molecular weight is 199 g/mol. The first kappa shape index (κ1) is 10.4. The van der Waals surface area contributed by atoms with Gasteiger partial charge in [-0.15, -0.1) is 0 Å². The summed E-state index contributed by atoms with van der Waals surface area (Å²) in [6, 6.07) is 0. The van der Waals surface area contributed by atoms with Gasteiger partial charge < -0.3 is 5.32 Å². The van der Waals surface area contributed by atoms with Crippen molar-refractivity contribution in [1.29, 1.82) is 0 Å². The molecule has 0 aliphatic heterocycles. The van der Waals surface area contributed by atoms with Gasteiger partial charge in [0.05, 0.1) is 0 Å². The third kappa shape index (κ3) is 3.30. The molecule has 74 valence electrons. The predicted octanol–water partition coefficient (Wildman–Crippen LogP) is 1.65. The summed E-state index contributed by atoms with van der Waals surface area (Å²) in [5, 5.41) is 7.72. The second-order valence-corrected chi connectivity index (χ2v) is 3.85. The van der Waals surface area contributed by atoms with E-state index < -0.39 is 0 Å². The minimum absolute atomic E-state index is 0.588. The van der Waals surface area contributed by atoms with Crippen molar-refractivity contribution in [1.82, 2.24) is 10.7 Å². The highest BCUT2D eigenvalue weighted by molar-refractivity contribution is 7.80. The first-order valence-electron chi connectivity index (χ1n) is 4.78. The number of hydrogen-bond acceptors (Lipinski definition) is 2. The van der Waals surface area contributed by atoms with Gasteiger partial charge in [-0.2, -0.15) is 5.10 Å². The summed E-state index contributed by atoms with van der Waals surface area (Å²) in [4.78, 5) is 0. The van der Waals surface area contributed by atoms with Crippen LogP contribution in [0.2, 0.25) is 0 Å². The largest absolute Gasteiger partial charge is 0.364 e. The Kier molecular flexibility index (Phi) is 4.15. The van der Waals surface area contributed by atoms with E-state index in [1.54, 1.807) is 7.05 Å². The van der Waals surface area contributed by atoms with Crippen molar-refractivity contribution in [3.8, 4) is 0 Å². The summed E-state index contributed by atoms with van der Waals surface area (Å²) in [5.74, 6) is 0.612. The zero-order chi connectivity index (χ0) is 9.68. The molecular formula is C9H17N3S. The third-order valence-electron chi connectivity index (χ3n) is 2.42. The SMILES string of the molecule is CNC(=S)NN=C1CCCCC1C. The minimum atomic E-state index is 0.588. The second-order valence-electron chi connectivity index (χ2n) is 3.44. The molecule has 1 saturated carbocycles. The Balaban J connectivity index is 2.43. The van der Waals surface area contributed by atoms with Gasteiger partial charge >= 0.3 is 0 Å². The fourth-order valence-corrected chi connectivity index (χ4v) is 1.56. The smallest absolute Gasteiger partial charge is 0.186 e. The van der Waals surface area contributed by atoms with E-state index in [0.29, 0.717) is 11.0 Å². The maximum absolute atomic E-state index is 4.93. The molecule has 0 saturated heterocycles. The zero-order valence-corrected chi connectivity index (χ0v) is 9.08. The summed E-state index contributed by atoms with van der Waals surface area (Å²) >= 11 is 4.93. The van der Waals surface area contributed by atoms with Crippen LogP contribution in [0.3, 0.4) is 0 Å². The van der Waals surface area contributed by atoms with Crippen molar-refractivity contribution in [3.05, 3.63) is 0 Å². The van der Waals surface area contributed by atoms with Crippen LogP contribution in [0.25, 0.3) is 0 Å². The molecule has 3 nitrogen and oxygen atoms in total. The van der Waals surface area contributed by atoms with Crippen molar-refractivity contribution in [2.45, 2.75) is 32.6 Å². The molecule has 0 aromatic rings. The first-order valence-corrected chi connectivity index (χ1v) is 5.19. The lowest BCUT2D eigenvalue weighted by Gasteiger charge is -2.19. The second kappa shape index (κ2) is 5.17. The molecule has 0 amide bonds. The van der Waals surface area contributed by atoms with Gasteiger partial charge in [0.25, 0.3) is 0 Å². The lowest BCUT2D eigenvalue weighted by Crippen LogP contribution is -2.30. The van der Waals surface area contributed by atoms with E-state index in [1.807, 2.05) is 0 Å². The van der Waals surface area contributed by atoms with Gasteiger partial charge in [-0.25, -0.2) is 0 Å². The Hall–Kier alpha value is -0.640. The van der Waals surface area contributed by atoms with Gasteiger partial charge in [0.1, 0.15) is 0 Å². The molecule has 2 N–H and O–H groups in total. The van der Waals surface area contributed by atoms with Gasteiger partial charge in [0, 0.05) is 12.8 Å². The summed E-state index contributed by atoms with van der Waals surface area (Å²) in [6.07, 6.45) is 4.96. The Bertz CT molecular complexity index is 213. The molecule has 0 radical (unpaired) electrons. The highest BCUT2D eigenvalue weighted by Crippen LogP contribution is 2.20. The Morgan fingerprint density at radius 2 is 2.31 bits per heavy atom. The van der Waals surface area contributed by atoms with Crippen LogP contribution in [0.15, 0.2) is 5.10 Å². The molecule has 1 aliphatic carbocycles. The fraction of sp³-hybridized carbons (Fsp3) is 0.778. The third-order valence-corrected chi connectivity index (χ3v) is 2.71.